The van der Waals surface area contributed by atoms with Gasteiger partial charge in [-0.25, -0.2) is 18.1 Å². The Morgan fingerprint density at radius 3 is 2.83 bits per heavy atom. The van der Waals surface area contributed by atoms with E-state index >= 15 is 0 Å². The summed E-state index contributed by atoms with van der Waals surface area (Å²) in [5.41, 5.74) is 0.688. The fraction of sp³-hybridized carbons (Fsp3) is 0.455. The molecule has 0 unspecified atom stereocenters. The number of nitrogens with zero attached hydrogens (tertiary/aromatic N) is 2. The zero-order valence-electron chi connectivity index (χ0n) is 10.1. The normalized spacial score (nSPS) is 18.1. The van der Waals surface area contributed by atoms with Crippen molar-refractivity contribution in [3.05, 3.63) is 18.0 Å². The molecule has 0 saturated heterocycles. The van der Waals surface area contributed by atoms with Crippen molar-refractivity contribution in [2.24, 2.45) is 0 Å². The molecule has 0 bridgehead atoms. The molecule has 1 fully saturated rings. The van der Waals surface area contributed by atoms with E-state index in [1.165, 1.54) is 6.20 Å². The van der Waals surface area contributed by atoms with Gasteiger partial charge in [-0.15, -0.1) is 0 Å². The Labute approximate surface area is 104 Å². The van der Waals surface area contributed by atoms with Crippen LogP contribution in [-0.2, 0) is 10.0 Å². The maximum Gasteiger partial charge on any atom is 0.257 e. The summed E-state index contributed by atoms with van der Waals surface area (Å²) in [6.45, 7) is 3.64. The molecule has 1 aliphatic carbocycles. The van der Waals surface area contributed by atoms with Crippen molar-refractivity contribution in [3.8, 4) is 0 Å². The first-order chi connectivity index (χ1) is 8.40. The van der Waals surface area contributed by atoms with Crippen LogP contribution in [0.5, 0.6) is 0 Å². The molecule has 0 amide bonds. The average Bonchev–Trinajstić information content (AvgIpc) is 2.89. The summed E-state index contributed by atoms with van der Waals surface area (Å²) in [4.78, 5) is 4.12. The lowest BCUT2D eigenvalue weighted by Gasteiger charge is -2.11. The van der Waals surface area contributed by atoms with Gasteiger partial charge in [-0.2, -0.15) is 0 Å². The van der Waals surface area contributed by atoms with Gasteiger partial charge < -0.3 is 4.52 Å². The number of rotatable bonds is 3. The molecule has 6 nitrogen and oxygen atoms in total. The maximum absolute atomic E-state index is 12.2. The number of hydrogen-bond donors (Lipinski definition) is 1. The first-order valence-electron chi connectivity index (χ1n) is 5.66. The predicted octanol–water partition coefficient (Wildman–Crippen LogP) is 1.36. The van der Waals surface area contributed by atoms with Gasteiger partial charge >= 0.3 is 0 Å². The molecule has 1 aliphatic rings. The molecule has 1 N–H and O–H groups in total. The van der Waals surface area contributed by atoms with Crippen molar-refractivity contribution in [1.29, 1.82) is 0 Å². The lowest BCUT2D eigenvalue weighted by molar-refractivity contribution is 0.442. The van der Waals surface area contributed by atoms with Crippen LogP contribution in [0.1, 0.15) is 25.5 Å². The van der Waals surface area contributed by atoms with Gasteiger partial charge in [0.05, 0.1) is 17.3 Å². The van der Waals surface area contributed by atoms with Crippen LogP contribution in [-0.4, -0.2) is 24.1 Å². The molecular formula is C11H13N3O3S. The van der Waals surface area contributed by atoms with Crippen LogP contribution in [0.3, 0.4) is 0 Å². The Morgan fingerprint density at radius 2 is 2.17 bits per heavy atom. The number of pyridine rings is 1. The number of hydrogen-bond acceptors (Lipinski definition) is 5. The third-order valence-corrected chi connectivity index (χ3v) is 4.78. The van der Waals surface area contributed by atoms with Crippen LogP contribution < -0.4 is 4.72 Å². The van der Waals surface area contributed by atoms with Crippen molar-refractivity contribution >= 4 is 21.1 Å². The third kappa shape index (κ3) is 1.89. The fourth-order valence-corrected chi connectivity index (χ4v) is 3.18. The van der Waals surface area contributed by atoms with Crippen molar-refractivity contribution < 1.29 is 12.9 Å². The highest BCUT2D eigenvalue weighted by atomic mass is 32.2. The van der Waals surface area contributed by atoms with Crippen molar-refractivity contribution in [1.82, 2.24) is 14.9 Å². The largest absolute Gasteiger partial charge is 0.336 e. The van der Waals surface area contributed by atoms with Crippen LogP contribution >= 0.6 is 0 Å². The molecule has 0 atom stereocenters. The monoisotopic (exact) mass is 267 g/mol. The Kier molecular flexibility index (Phi) is 2.27. The average molecular weight is 267 g/mol. The Bertz CT molecular complexity index is 716. The summed E-state index contributed by atoms with van der Waals surface area (Å²) < 4.78 is 32.0. The van der Waals surface area contributed by atoms with Crippen molar-refractivity contribution in [3.63, 3.8) is 0 Å². The molecule has 1 saturated carbocycles. The van der Waals surface area contributed by atoms with E-state index in [1.54, 1.807) is 13.0 Å². The quantitative estimate of drug-likeness (QED) is 0.907. The molecule has 3 rings (SSSR count). The number of aryl methyl sites for hydroxylation is 1. The highest BCUT2D eigenvalue weighted by Crippen LogP contribution is 2.36. The summed E-state index contributed by atoms with van der Waals surface area (Å²) in [6.07, 6.45) is 3.03. The van der Waals surface area contributed by atoms with E-state index in [0.717, 1.165) is 12.8 Å². The van der Waals surface area contributed by atoms with Crippen LogP contribution in [0.4, 0.5) is 0 Å². The molecular weight excluding hydrogens is 254 g/mol. The first kappa shape index (κ1) is 11.6. The summed E-state index contributed by atoms with van der Waals surface area (Å²) >= 11 is 0. The van der Waals surface area contributed by atoms with Gasteiger partial charge in [0.15, 0.2) is 0 Å². The van der Waals surface area contributed by atoms with Gasteiger partial charge in [-0.1, -0.05) is 5.16 Å². The lowest BCUT2D eigenvalue weighted by Crippen LogP contribution is -2.34. The zero-order chi connectivity index (χ0) is 13.0. The van der Waals surface area contributed by atoms with Gasteiger partial charge in [-0.05, 0) is 32.8 Å². The number of nitrogens with one attached hydrogen (secondary N) is 1. The van der Waals surface area contributed by atoms with E-state index in [2.05, 4.69) is 14.9 Å². The highest BCUT2D eigenvalue weighted by Gasteiger charge is 2.41. The second kappa shape index (κ2) is 3.52. The van der Waals surface area contributed by atoms with Gasteiger partial charge in [0.2, 0.25) is 10.0 Å². The topological polar surface area (TPSA) is 85.1 Å². The Morgan fingerprint density at radius 1 is 1.44 bits per heavy atom. The van der Waals surface area contributed by atoms with Gasteiger partial charge in [0.25, 0.3) is 5.71 Å². The van der Waals surface area contributed by atoms with E-state index in [0.29, 0.717) is 16.8 Å². The standard InChI is InChI=1S/C11H13N3O3S/c1-7-9-5-8(6-12-10(9)17-13-7)18(15,16)14-11(2)3-4-11/h5-6,14H,3-4H2,1-2H3. The van der Waals surface area contributed by atoms with E-state index in [4.69, 9.17) is 4.52 Å². The Hall–Kier alpha value is -1.47. The smallest absolute Gasteiger partial charge is 0.257 e. The van der Waals surface area contributed by atoms with Crippen LogP contribution in [0.15, 0.2) is 21.7 Å². The summed E-state index contributed by atoms with van der Waals surface area (Å²) in [7, 11) is -3.52. The minimum atomic E-state index is -3.52. The molecule has 96 valence electrons. The molecule has 2 heterocycles. The molecule has 2 aromatic rings. The van der Waals surface area contributed by atoms with E-state index < -0.39 is 10.0 Å². The van der Waals surface area contributed by atoms with E-state index in [-0.39, 0.29) is 10.4 Å². The minimum absolute atomic E-state index is 0.148. The number of aromatic nitrogens is 2. The number of sulfonamides is 1. The van der Waals surface area contributed by atoms with Crippen molar-refractivity contribution in [2.45, 2.75) is 37.1 Å². The third-order valence-electron chi connectivity index (χ3n) is 3.18. The molecule has 0 radical (unpaired) electrons. The van der Waals surface area contributed by atoms with Gasteiger partial charge in [0, 0.05) is 5.54 Å². The SMILES string of the molecule is Cc1noc2ncc(S(=O)(=O)NC3(C)CC3)cc12. The minimum Gasteiger partial charge on any atom is -0.336 e. The van der Waals surface area contributed by atoms with Gasteiger partial charge in [0.1, 0.15) is 4.90 Å². The van der Waals surface area contributed by atoms with Gasteiger partial charge in [-0.3, -0.25) is 0 Å². The lowest BCUT2D eigenvalue weighted by atomic mass is 10.3. The van der Waals surface area contributed by atoms with E-state index in [1.807, 2.05) is 6.92 Å². The van der Waals surface area contributed by atoms with Crippen LogP contribution in [0.2, 0.25) is 0 Å². The number of fused-ring (bicyclic) bond motifs is 1. The zero-order valence-corrected chi connectivity index (χ0v) is 10.9. The molecule has 7 heteroatoms. The summed E-state index contributed by atoms with van der Waals surface area (Å²) in [6, 6.07) is 1.54. The first-order valence-corrected chi connectivity index (χ1v) is 7.14. The highest BCUT2D eigenvalue weighted by molar-refractivity contribution is 7.89. The second-order valence-corrected chi connectivity index (χ2v) is 6.64. The molecule has 0 spiro atoms. The summed E-state index contributed by atoms with van der Waals surface area (Å²) in [5.74, 6) is 0. The van der Waals surface area contributed by atoms with Crippen LogP contribution in [0.25, 0.3) is 11.1 Å². The van der Waals surface area contributed by atoms with Crippen LogP contribution in [0, 0.1) is 6.92 Å². The Balaban J connectivity index is 2.05. The fourth-order valence-electron chi connectivity index (χ4n) is 1.75. The molecule has 0 aromatic carbocycles. The molecule has 0 aliphatic heterocycles. The molecule has 2 aromatic heterocycles. The second-order valence-electron chi connectivity index (χ2n) is 4.96. The maximum atomic E-state index is 12.2. The van der Waals surface area contributed by atoms with Crippen molar-refractivity contribution in [2.75, 3.05) is 0 Å². The van der Waals surface area contributed by atoms with E-state index in [9.17, 15) is 8.42 Å². The predicted molar refractivity (Wildman–Crippen MR) is 64.5 cm³/mol. The molecule has 18 heavy (non-hydrogen) atoms. The summed E-state index contributed by atoms with van der Waals surface area (Å²) in [5, 5.41) is 4.38.